The van der Waals surface area contributed by atoms with E-state index in [-0.39, 0.29) is 12.5 Å². The molecule has 2 aromatic carbocycles. The number of methoxy groups -OCH3 is 1. The van der Waals surface area contributed by atoms with Crippen LogP contribution < -0.4 is 4.74 Å². The summed E-state index contributed by atoms with van der Waals surface area (Å²) in [4.78, 5) is 12.7. The SMILES string of the molecule is COc1ccc2cc(C(C)N(C)CCC(=O)O)ccc2c1. The first-order valence-corrected chi connectivity index (χ1v) is 7.01. The van der Waals surface area contributed by atoms with Crippen molar-refractivity contribution in [3.63, 3.8) is 0 Å². The van der Waals surface area contributed by atoms with Crippen LogP contribution in [0.4, 0.5) is 0 Å². The van der Waals surface area contributed by atoms with Gasteiger partial charge in [0.15, 0.2) is 0 Å². The van der Waals surface area contributed by atoms with Gasteiger partial charge in [0, 0.05) is 12.6 Å². The van der Waals surface area contributed by atoms with Gasteiger partial charge in [0.1, 0.15) is 5.75 Å². The highest BCUT2D eigenvalue weighted by atomic mass is 16.5. The van der Waals surface area contributed by atoms with Gasteiger partial charge in [0.25, 0.3) is 0 Å². The van der Waals surface area contributed by atoms with E-state index in [0.29, 0.717) is 6.54 Å². The zero-order chi connectivity index (χ0) is 15.4. The predicted molar refractivity (Wildman–Crippen MR) is 83.8 cm³/mol. The monoisotopic (exact) mass is 287 g/mol. The Morgan fingerprint density at radius 3 is 2.57 bits per heavy atom. The van der Waals surface area contributed by atoms with E-state index in [0.717, 1.165) is 16.5 Å². The molecule has 2 rings (SSSR count). The van der Waals surface area contributed by atoms with Gasteiger partial charge in [-0.3, -0.25) is 9.69 Å². The Kier molecular flexibility index (Phi) is 4.81. The zero-order valence-corrected chi connectivity index (χ0v) is 12.7. The second-order valence-electron chi connectivity index (χ2n) is 5.27. The molecule has 1 unspecified atom stereocenters. The fourth-order valence-corrected chi connectivity index (χ4v) is 2.35. The summed E-state index contributed by atoms with van der Waals surface area (Å²) in [5, 5.41) is 11.1. The fraction of sp³-hybridized carbons (Fsp3) is 0.353. The Balaban J connectivity index is 2.19. The number of fused-ring (bicyclic) bond motifs is 1. The van der Waals surface area contributed by atoms with Gasteiger partial charge in [-0.1, -0.05) is 18.2 Å². The Labute approximate surface area is 124 Å². The molecule has 2 aromatic rings. The molecule has 1 atom stereocenters. The van der Waals surface area contributed by atoms with E-state index in [4.69, 9.17) is 9.84 Å². The molecular formula is C17H21NO3. The number of nitrogens with zero attached hydrogens (tertiary/aromatic N) is 1. The minimum Gasteiger partial charge on any atom is -0.497 e. The molecule has 112 valence electrons. The highest BCUT2D eigenvalue weighted by Gasteiger charge is 2.13. The molecule has 21 heavy (non-hydrogen) atoms. The highest BCUT2D eigenvalue weighted by molar-refractivity contribution is 5.84. The predicted octanol–water partition coefficient (Wildman–Crippen LogP) is 3.32. The zero-order valence-electron chi connectivity index (χ0n) is 12.7. The molecule has 0 fully saturated rings. The maximum Gasteiger partial charge on any atom is 0.304 e. The van der Waals surface area contributed by atoms with Crippen molar-refractivity contribution in [3.8, 4) is 5.75 Å². The lowest BCUT2D eigenvalue weighted by Crippen LogP contribution is -2.25. The second-order valence-corrected chi connectivity index (χ2v) is 5.27. The van der Waals surface area contributed by atoms with Crippen molar-refractivity contribution in [2.75, 3.05) is 20.7 Å². The van der Waals surface area contributed by atoms with Crippen molar-refractivity contribution in [1.82, 2.24) is 4.90 Å². The van der Waals surface area contributed by atoms with Crippen molar-refractivity contribution in [2.24, 2.45) is 0 Å². The first kappa shape index (κ1) is 15.3. The molecule has 0 aliphatic rings. The van der Waals surface area contributed by atoms with Crippen molar-refractivity contribution in [1.29, 1.82) is 0 Å². The van der Waals surface area contributed by atoms with Gasteiger partial charge in [-0.15, -0.1) is 0 Å². The highest BCUT2D eigenvalue weighted by Crippen LogP contribution is 2.26. The van der Waals surface area contributed by atoms with Crippen molar-refractivity contribution in [2.45, 2.75) is 19.4 Å². The molecule has 0 aromatic heterocycles. The lowest BCUT2D eigenvalue weighted by molar-refractivity contribution is -0.137. The van der Waals surface area contributed by atoms with E-state index in [2.05, 4.69) is 30.0 Å². The molecule has 0 amide bonds. The van der Waals surface area contributed by atoms with Crippen LogP contribution in [0.15, 0.2) is 36.4 Å². The van der Waals surface area contributed by atoms with E-state index in [9.17, 15) is 4.79 Å². The minimum atomic E-state index is -0.764. The van der Waals surface area contributed by atoms with Gasteiger partial charge < -0.3 is 9.84 Å². The number of benzene rings is 2. The van der Waals surface area contributed by atoms with Crippen LogP contribution in [0.2, 0.25) is 0 Å². The van der Waals surface area contributed by atoms with Crippen LogP contribution in [-0.2, 0) is 4.79 Å². The summed E-state index contributed by atoms with van der Waals surface area (Å²) >= 11 is 0. The normalized spacial score (nSPS) is 12.6. The topological polar surface area (TPSA) is 49.8 Å². The number of aliphatic carboxylic acids is 1. The molecule has 4 heteroatoms. The van der Waals surface area contributed by atoms with Crippen LogP contribution in [0.25, 0.3) is 10.8 Å². The average molecular weight is 287 g/mol. The smallest absolute Gasteiger partial charge is 0.304 e. The fourth-order valence-electron chi connectivity index (χ4n) is 2.35. The van der Waals surface area contributed by atoms with Gasteiger partial charge in [-0.05, 0) is 48.5 Å². The van der Waals surface area contributed by atoms with Gasteiger partial charge in [0.2, 0.25) is 0 Å². The van der Waals surface area contributed by atoms with Crippen LogP contribution >= 0.6 is 0 Å². The summed E-state index contributed by atoms with van der Waals surface area (Å²) in [6.45, 7) is 2.63. The quantitative estimate of drug-likeness (QED) is 0.885. The molecule has 4 nitrogen and oxygen atoms in total. The largest absolute Gasteiger partial charge is 0.497 e. The Morgan fingerprint density at radius 2 is 1.90 bits per heavy atom. The molecule has 0 saturated carbocycles. The average Bonchev–Trinajstić information content (AvgIpc) is 2.50. The number of ether oxygens (including phenoxy) is 1. The van der Waals surface area contributed by atoms with E-state index >= 15 is 0 Å². The van der Waals surface area contributed by atoms with E-state index < -0.39 is 5.97 Å². The summed E-state index contributed by atoms with van der Waals surface area (Å²) in [5.74, 6) is 0.0848. The van der Waals surface area contributed by atoms with Gasteiger partial charge >= 0.3 is 5.97 Å². The standard InChI is InChI=1S/C17H21NO3/c1-12(18(2)9-8-17(19)20)13-4-5-15-11-16(21-3)7-6-14(15)10-13/h4-7,10-12H,8-9H2,1-3H3,(H,19,20). The minimum absolute atomic E-state index is 0.158. The van der Waals surface area contributed by atoms with Crippen molar-refractivity contribution < 1.29 is 14.6 Å². The van der Waals surface area contributed by atoms with Crippen LogP contribution in [0.5, 0.6) is 5.75 Å². The third kappa shape index (κ3) is 3.73. The van der Waals surface area contributed by atoms with Crippen LogP contribution in [0, 0.1) is 0 Å². The van der Waals surface area contributed by atoms with Crippen molar-refractivity contribution >= 4 is 16.7 Å². The van der Waals surface area contributed by atoms with Gasteiger partial charge in [-0.25, -0.2) is 0 Å². The molecule has 0 spiro atoms. The molecule has 0 saturated heterocycles. The maximum absolute atomic E-state index is 10.7. The van der Waals surface area contributed by atoms with E-state index in [1.807, 2.05) is 25.2 Å². The van der Waals surface area contributed by atoms with Gasteiger partial charge in [0.05, 0.1) is 13.5 Å². The summed E-state index contributed by atoms with van der Waals surface area (Å²) < 4.78 is 5.23. The number of carbonyl (C=O) groups is 1. The Morgan fingerprint density at radius 1 is 1.24 bits per heavy atom. The van der Waals surface area contributed by atoms with Crippen LogP contribution in [0.1, 0.15) is 24.9 Å². The lowest BCUT2D eigenvalue weighted by Gasteiger charge is -2.24. The number of rotatable bonds is 6. The lowest BCUT2D eigenvalue weighted by atomic mass is 10.0. The molecule has 1 N–H and O–H groups in total. The Bertz CT molecular complexity index is 639. The molecule has 0 bridgehead atoms. The Hall–Kier alpha value is -2.07. The third-order valence-corrected chi connectivity index (χ3v) is 3.89. The molecule has 0 heterocycles. The first-order chi connectivity index (χ1) is 10.0. The summed E-state index contributed by atoms with van der Waals surface area (Å²) in [7, 11) is 3.61. The summed E-state index contributed by atoms with van der Waals surface area (Å²) in [6.07, 6.45) is 0.158. The number of hydrogen-bond donors (Lipinski definition) is 1. The summed E-state index contributed by atoms with van der Waals surface area (Å²) in [6, 6.07) is 12.5. The van der Waals surface area contributed by atoms with Crippen molar-refractivity contribution in [3.05, 3.63) is 42.0 Å². The van der Waals surface area contributed by atoms with E-state index in [1.54, 1.807) is 7.11 Å². The first-order valence-electron chi connectivity index (χ1n) is 7.01. The second kappa shape index (κ2) is 6.59. The third-order valence-electron chi connectivity index (χ3n) is 3.89. The van der Waals surface area contributed by atoms with Gasteiger partial charge in [-0.2, -0.15) is 0 Å². The van der Waals surface area contributed by atoms with E-state index in [1.165, 1.54) is 5.56 Å². The van der Waals surface area contributed by atoms with Crippen LogP contribution in [-0.4, -0.2) is 36.7 Å². The molecule has 0 aliphatic carbocycles. The maximum atomic E-state index is 10.7. The molecular weight excluding hydrogens is 266 g/mol. The molecule has 0 aliphatic heterocycles. The summed E-state index contributed by atoms with van der Waals surface area (Å²) in [5.41, 5.74) is 1.18. The number of carboxylic acid groups (broad SMARTS) is 1. The van der Waals surface area contributed by atoms with Crippen LogP contribution in [0.3, 0.4) is 0 Å². The number of carboxylic acids is 1. The number of hydrogen-bond acceptors (Lipinski definition) is 3. The molecule has 0 radical (unpaired) electrons.